The highest BCUT2D eigenvalue weighted by Crippen LogP contribution is 2.22. The third-order valence-corrected chi connectivity index (χ3v) is 3.77. The predicted molar refractivity (Wildman–Crippen MR) is 97.9 cm³/mol. The van der Waals surface area contributed by atoms with Crippen LogP contribution in [0.25, 0.3) is 6.08 Å². The summed E-state index contributed by atoms with van der Waals surface area (Å²) in [6.45, 7) is 1.04. The van der Waals surface area contributed by atoms with Crippen LogP contribution in [0.4, 0.5) is 15.8 Å². The molecule has 0 saturated heterocycles. The van der Waals surface area contributed by atoms with Crippen molar-refractivity contribution < 1.29 is 23.6 Å². The highest BCUT2D eigenvalue weighted by atomic mass is 35.5. The van der Waals surface area contributed by atoms with Crippen LogP contribution < -0.4 is 5.32 Å². The van der Waals surface area contributed by atoms with Gasteiger partial charge in [0.2, 0.25) is 0 Å². The second kappa shape index (κ2) is 8.91. The van der Waals surface area contributed by atoms with Crippen LogP contribution in [0.5, 0.6) is 0 Å². The number of amides is 1. The molecule has 0 aliphatic rings. The second-order valence-electron chi connectivity index (χ2n) is 5.38. The number of hydrogen-bond donors (Lipinski definition) is 1. The van der Waals surface area contributed by atoms with Gasteiger partial charge in [-0.1, -0.05) is 23.7 Å². The summed E-state index contributed by atoms with van der Waals surface area (Å²) in [5.41, 5.74) is 0.679. The zero-order valence-electron chi connectivity index (χ0n) is 14.1. The first-order valence-corrected chi connectivity index (χ1v) is 7.99. The number of hydrogen-bond acceptors (Lipinski definition) is 5. The molecule has 0 unspecified atom stereocenters. The number of anilines is 1. The van der Waals surface area contributed by atoms with Gasteiger partial charge in [-0.15, -0.1) is 0 Å². The number of esters is 1. The molecule has 0 spiro atoms. The Balaban J connectivity index is 1.94. The maximum Gasteiger partial charge on any atom is 0.331 e. The highest BCUT2D eigenvalue weighted by Gasteiger charge is 2.12. The van der Waals surface area contributed by atoms with Crippen LogP contribution in [-0.2, 0) is 14.3 Å². The van der Waals surface area contributed by atoms with E-state index in [1.165, 1.54) is 36.4 Å². The highest BCUT2D eigenvalue weighted by molar-refractivity contribution is 6.32. The minimum atomic E-state index is -0.875. The van der Waals surface area contributed by atoms with Crippen molar-refractivity contribution in [3.8, 4) is 0 Å². The fourth-order valence-electron chi connectivity index (χ4n) is 2.05. The average molecular weight is 393 g/mol. The summed E-state index contributed by atoms with van der Waals surface area (Å²) in [5, 5.41) is 13.3. The van der Waals surface area contributed by atoms with Gasteiger partial charge in [-0.3, -0.25) is 14.9 Å². The number of ether oxygens (including phenoxy) is 1. The molecule has 0 aliphatic carbocycles. The smallest absolute Gasteiger partial charge is 0.331 e. The number of nitrogens with one attached hydrogen (secondary N) is 1. The van der Waals surface area contributed by atoms with Crippen molar-refractivity contribution in [3.63, 3.8) is 0 Å². The van der Waals surface area contributed by atoms with Crippen molar-refractivity contribution in [2.45, 2.75) is 6.92 Å². The first kappa shape index (κ1) is 20.1. The molecule has 0 atom stereocenters. The SMILES string of the molecule is Cc1ccc([N+](=O)[O-])cc1NC(=O)COC(=O)/C=C/c1c(F)cccc1Cl. The lowest BCUT2D eigenvalue weighted by atomic mass is 10.2. The van der Waals surface area contributed by atoms with E-state index in [9.17, 15) is 24.1 Å². The topological polar surface area (TPSA) is 98.5 Å². The van der Waals surface area contributed by atoms with Gasteiger partial charge in [0, 0.05) is 23.8 Å². The number of rotatable bonds is 6. The van der Waals surface area contributed by atoms with Gasteiger partial charge >= 0.3 is 5.97 Å². The number of halogens is 2. The molecular formula is C18H14ClFN2O5. The zero-order chi connectivity index (χ0) is 20.0. The molecule has 0 saturated carbocycles. The van der Waals surface area contributed by atoms with Crippen molar-refractivity contribution in [3.05, 3.63) is 74.6 Å². The quantitative estimate of drug-likeness (QED) is 0.348. The molecule has 0 fully saturated rings. The molecule has 2 rings (SSSR count). The fraction of sp³-hybridized carbons (Fsp3) is 0.111. The van der Waals surface area contributed by atoms with E-state index in [1.807, 2.05) is 0 Å². The van der Waals surface area contributed by atoms with Crippen molar-refractivity contribution in [1.29, 1.82) is 0 Å². The summed E-state index contributed by atoms with van der Waals surface area (Å²) < 4.78 is 18.3. The monoisotopic (exact) mass is 392 g/mol. The number of carbonyl (C=O) groups excluding carboxylic acids is 2. The van der Waals surface area contributed by atoms with Gasteiger partial charge in [0.25, 0.3) is 11.6 Å². The van der Waals surface area contributed by atoms with Gasteiger partial charge in [0.05, 0.1) is 15.6 Å². The van der Waals surface area contributed by atoms with Gasteiger partial charge in [0.15, 0.2) is 6.61 Å². The fourth-order valence-corrected chi connectivity index (χ4v) is 2.28. The number of nitrogens with zero attached hydrogens (tertiary/aromatic N) is 1. The zero-order valence-corrected chi connectivity index (χ0v) is 14.8. The number of aryl methyl sites for hydroxylation is 1. The summed E-state index contributed by atoms with van der Waals surface area (Å²) in [7, 11) is 0. The Bertz CT molecular complexity index is 910. The summed E-state index contributed by atoms with van der Waals surface area (Å²) >= 11 is 5.83. The number of non-ortho nitro benzene ring substituents is 1. The normalized spacial score (nSPS) is 10.6. The Morgan fingerprint density at radius 2 is 2.07 bits per heavy atom. The van der Waals surface area contributed by atoms with E-state index in [4.69, 9.17) is 16.3 Å². The van der Waals surface area contributed by atoms with E-state index < -0.39 is 29.2 Å². The molecule has 2 aromatic rings. The molecule has 0 heterocycles. The molecule has 7 nitrogen and oxygen atoms in total. The lowest BCUT2D eigenvalue weighted by Crippen LogP contribution is -2.20. The maximum absolute atomic E-state index is 13.6. The van der Waals surface area contributed by atoms with Crippen LogP contribution >= 0.6 is 11.6 Å². The molecule has 0 aromatic heterocycles. The lowest BCUT2D eigenvalue weighted by Gasteiger charge is -2.08. The molecule has 140 valence electrons. The maximum atomic E-state index is 13.6. The molecule has 1 N–H and O–H groups in total. The minimum Gasteiger partial charge on any atom is -0.452 e. The van der Waals surface area contributed by atoms with E-state index >= 15 is 0 Å². The van der Waals surface area contributed by atoms with Crippen LogP contribution in [0.2, 0.25) is 5.02 Å². The minimum absolute atomic E-state index is 0.0211. The summed E-state index contributed by atoms with van der Waals surface area (Å²) in [6.07, 6.45) is 2.08. The van der Waals surface area contributed by atoms with E-state index in [2.05, 4.69) is 5.32 Å². The molecule has 2 aromatic carbocycles. The third kappa shape index (κ3) is 5.61. The van der Waals surface area contributed by atoms with Gasteiger partial charge < -0.3 is 10.1 Å². The molecule has 27 heavy (non-hydrogen) atoms. The van der Waals surface area contributed by atoms with Crippen molar-refractivity contribution >= 4 is 40.9 Å². The average Bonchev–Trinajstić information content (AvgIpc) is 2.61. The number of nitro benzene ring substituents is 1. The molecular weight excluding hydrogens is 379 g/mol. The van der Waals surface area contributed by atoms with Crippen molar-refractivity contribution in [2.24, 2.45) is 0 Å². The predicted octanol–water partition coefficient (Wildman–Crippen LogP) is 3.89. The third-order valence-electron chi connectivity index (χ3n) is 3.44. The number of nitro groups is 1. The van der Waals surface area contributed by atoms with E-state index in [0.717, 1.165) is 12.2 Å². The first-order valence-electron chi connectivity index (χ1n) is 7.61. The van der Waals surface area contributed by atoms with Crippen LogP contribution in [0.1, 0.15) is 11.1 Å². The largest absolute Gasteiger partial charge is 0.452 e. The molecule has 9 heteroatoms. The molecule has 1 amide bonds. The van der Waals surface area contributed by atoms with Crippen LogP contribution in [0, 0.1) is 22.9 Å². The number of benzene rings is 2. The van der Waals surface area contributed by atoms with E-state index in [0.29, 0.717) is 5.56 Å². The molecule has 0 bridgehead atoms. The second-order valence-corrected chi connectivity index (χ2v) is 5.79. The van der Waals surface area contributed by atoms with Crippen molar-refractivity contribution in [2.75, 3.05) is 11.9 Å². The van der Waals surface area contributed by atoms with Gasteiger partial charge in [-0.05, 0) is 30.7 Å². The lowest BCUT2D eigenvalue weighted by molar-refractivity contribution is -0.384. The summed E-state index contributed by atoms with van der Waals surface area (Å²) in [4.78, 5) is 33.7. The Hall–Kier alpha value is -3.26. The van der Waals surface area contributed by atoms with Gasteiger partial charge in [0.1, 0.15) is 5.82 Å². The van der Waals surface area contributed by atoms with E-state index in [1.54, 1.807) is 6.92 Å². The number of carbonyl (C=O) groups is 2. The van der Waals surface area contributed by atoms with Crippen molar-refractivity contribution in [1.82, 2.24) is 0 Å². The Kier molecular flexibility index (Phi) is 6.62. The Morgan fingerprint density at radius 1 is 1.33 bits per heavy atom. The molecule has 0 aliphatic heterocycles. The van der Waals surface area contributed by atoms with Crippen LogP contribution in [0.3, 0.4) is 0 Å². The Labute approximate surface area is 158 Å². The summed E-state index contributed by atoms with van der Waals surface area (Å²) in [6, 6.07) is 8.07. The van der Waals surface area contributed by atoms with Crippen LogP contribution in [-0.4, -0.2) is 23.4 Å². The standard InChI is InChI=1S/C18H14ClFN2O5/c1-11-5-6-12(22(25)26)9-16(11)21-17(23)10-27-18(24)8-7-13-14(19)3-2-4-15(13)20/h2-9H,10H2,1H3,(H,21,23)/b8-7+. The summed E-state index contributed by atoms with van der Waals surface area (Å²) in [5.74, 6) is -2.16. The van der Waals surface area contributed by atoms with Gasteiger partial charge in [-0.25, -0.2) is 9.18 Å². The van der Waals surface area contributed by atoms with Crippen LogP contribution in [0.15, 0.2) is 42.5 Å². The first-order chi connectivity index (χ1) is 12.8. The van der Waals surface area contributed by atoms with E-state index in [-0.39, 0.29) is 22.0 Å². The Morgan fingerprint density at radius 3 is 2.74 bits per heavy atom. The van der Waals surface area contributed by atoms with Gasteiger partial charge in [-0.2, -0.15) is 0 Å². The molecule has 0 radical (unpaired) electrons.